The smallest absolute Gasteiger partial charge is 0.141 e. The largest absolute Gasteiger partial charge is 0.385 e. The third-order valence-electron chi connectivity index (χ3n) is 3.06. The fourth-order valence-electron chi connectivity index (χ4n) is 1.94. The molecule has 0 aromatic carbocycles. The van der Waals surface area contributed by atoms with Crippen LogP contribution in [0.5, 0.6) is 0 Å². The molecule has 1 aliphatic rings. The average Bonchev–Trinajstić information content (AvgIpc) is 2.23. The Morgan fingerprint density at radius 3 is 2.67 bits per heavy atom. The van der Waals surface area contributed by atoms with Crippen molar-refractivity contribution in [1.82, 2.24) is 9.88 Å². The van der Waals surface area contributed by atoms with Crippen LogP contribution < -0.4 is 0 Å². The predicted molar refractivity (Wildman–Crippen MR) is 54.8 cm³/mol. The van der Waals surface area contributed by atoms with Crippen LogP contribution in [-0.4, -0.2) is 35.1 Å². The van der Waals surface area contributed by atoms with Gasteiger partial charge in [-0.15, -0.1) is 0 Å². The molecular weight excluding hydrogens is 195 g/mol. The highest BCUT2D eigenvalue weighted by Crippen LogP contribution is 2.31. The molecule has 1 aromatic rings. The highest BCUT2D eigenvalue weighted by molar-refractivity contribution is 5.19. The van der Waals surface area contributed by atoms with Gasteiger partial charge in [0.1, 0.15) is 5.82 Å². The quantitative estimate of drug-likeness (QED) is 0.755. The fraction of sp³-hybridized carbons (Fsp3) is 0.545. The molecule has 1 saturated heterocycles. The molecule has 1 N–H and O–H groups in total. The van der Waals surface area contributed by atoms with E-state index in [4.69, 9.17) is 0 Å². The van der Waals surface area contributed by atoms with Gasteiger partial charge in [0.25, 0.3) is 0 Å². The van der Waals surface area contributed by atoms with Crippen LogP contribution in [0.3, 0.4) is 0 Å². The topological polar surface area (TPSA) is 36.4 Å². The standard InChI is InChI=1S/C11H15FN2O/c1-14-4-2-11(15,3-5-14)9-6-10(12)8-13-7-9/h6-8,15H,2-5H2,1H3. The van der Waals surface area contributed by atoms with Gasteiger partial charge in [0.15, 0.2) is 0 Å². The number of hydrogen-bond donors (Lipinski definition) is 1. The molecule has 0 atom stereocenters. The molecule has 1 aromatic heterocycles. The lowest BCUT2D eigenvalue weighted by Gasteiger charge is -2.36. The summed E-state index contributed by atoms with van der Waals surface area (Å²) in [5.41, 5.74) is -0.308. The number of halogens is 1. The summed E-state index contributed by atoms with van der Waals surface area (Å²) >= 11 is 0. The highest BCUT2D eigenvalue weighted by Gasteiger charge is 2.33. The minimum absolute atomic E-state index is 0.389. The minimum Gasteiger partial charge on any atom is -0.385 e. The van der Waals surface area contributed by atoms with Crippen LogP contribution in [0.2, 0.25) is 0 Å². The van der Waals surface area contributed by atoms with E-state index >= 15 is 0 Å². The highest BCUT2D eigenvalue weighted by atomic mass is 19.1. The molecule has 3 nitrogen and oxygen atoms in total. The van der Waals surface area contributed by atoms with Gasteiger partial charge in [-0.3, -0.25) is 4.98 Å². The number of piperidine rings is 1. The van der Waals surface area contributed by atoms with Gasteiger partial charge in [-0.1, -0.05) is 0 Å². The van der Waals surface area contributed by atoms with E-state index in [1.165, 1.54) is 6.07 Å². The molecule has 0 saturated carbocycles. The van der Waals surface area contributed by atoms with Crippen LogP contribution in [0.15, 0.2) is 18.5 Å². The van der Waals surface area contributed by atoms with Crippen molar-refractivity contribution in [1.29, 1.82) is 0 Å². The number of aromatic nitrogens is 1. The molecule has 4 heteroatoms. The summed E-state index contributed by atoms with van der Waals surface area (Å²) < 4.78 is 13.0. The summed E-state index contributed by atoms with van der Waals surface area (Å²) in [6.45, 7) is 1.65. The van der Waals surface area contributed by atoms with Gasteiger partial charge in [-0.2, -0.15) is 0 Å². The number of aliphatic hydroxyl groups is 1. The van der Waals surface area contributed by atoms with Crippen LogP contribution in [0, 0.1) is 5.82 Å². The Labute approximate surface area is 88.6 Å². The van der Waals surface area contributed by atoms with E-state index in [2.05, 4.69) is 9.88 Å². The zero-order chi connectivity index (χ0) is 10.9. The molecule has 0 amide bonds. The van der Waals surface area contributed by atoms with Crippen molar-refractivity contribution in [3.8, 4) is 0 Å². The van der Waals surface area contributed by atoms with E-state index in [1.807, 2.05) is 7.05 Å². The van der Waals surface area contributed by atoms with Gasteiger partial charge in [0, 0.05) is 24.8 Å². The summed E-state index contributed by atoms with van der Waals surface area (Å²) in [4.78, 5) is 5.93. The summed E-state index contributed by atoms with van der Waals surface area (Å²) in [6.07, 6.45) is 3.97. The van der Waals surface area contributed by atoms with E-state index in [0.29, 0.717) is 18.4 Å². The van der Waals surface area contributed by atoms with Crippen molar-refractivity contribution in [2.24, 2.45) is 0 Å². The first-order valence-electron chi connectivity index (χ1n) is 5.12. The maximum atomic E-state index is 13.0. The zero-order valence-corrected chi connectivity index (χ0v) is 8.78. The lowest BCUT2D eigenvalue weighted by Crippen LogP contribution is -2.40. The third-order valence-corrected chi connectivity index (χ3v) is 3.06. The summed E-state index contributed by atoms with van der Waals surface area (Å²) in [5, 5.41) is 10.4. The maximum Gasteiger partial charge on any atom is 0.141 e. The molecule has 1 fully saturated rings. The fourth-order valence-corrected chi connectivity index (χ4v) is 1.94. The number of likely N-dealkylation sites (tertiary alicyclic amines) is 1. The number of nitrogens with zero attached hydrogens (tertiary/aromatic N) is 2. The lowest BCUT2D eigenvalue weighted by molar-refractivity contribution is -0.0208. The molecule has 0 spiro atoms. The number of hydrogen-bond acceptors (Lipinski definition) is 3. The first kappa shape index (κ1) is 10.5. The van der Waals surface area contributed by atoms with Gasteiger partial charge in [0.2, 0.25) is 0 Å². The van der Waals surface area contributed by atoms with E-state index in [1.54, 1.807) is 6.20 Å². The average molecular weight is 210 g/mol. The van der Waals surface area contributed by atoms with Gasteiger partial charge in [0.05, 0.1) is 11.8 Å². The van der Waals surface area contributed by atoms with Crippen LogP contribution in [0.1, 0.15) is 18.4 Å². The number of rotatable bonds is 1. The van der Waals surface area contributed by atoms with Crippen molar-refractivity contribution in [2.75, 3.05) is 20.1 Å². The van der Waals surface area contributed by atoms with Crippen molar-refractivity contribution >= 4 is 0 Å². The second kappa shape index (κ2) is 3.87. The van der Waals surface area contributed by atoms with Crippen molar-refractivity contribution in [3.05, 3.63) is 29.8 Å². The molecule has 2 heterocycles. The van der Waals surface area contributed by atoms with Gasteiger partial charge < -0.3 is 10.0 Å². The maximum absolute atomic E-state index is 13.0. The molecule has 0 bridgehead atoms. The molecule has 15 heavy (non-hydrogen) atoms. The summed E-state index contributed by atoms with van der Waals surface area (Å²) in [6, 6.07) is 1.37. The Hall–Kier alpha value is -1.00. The van der Waals surface area contributed by atoms with E-state index < -0.39 is 5.60 Å². The normalized spacial score (nSPS) is 21.5. The molecule has 0 radical (unpaired) electrons. The Morgan fingerprint density at radius 1 is 1.40 bits per heavy atom. The molecule has 82 valence electrons. The first-order valence-corrected chi connectivity index (χ1v) is 5.12. The van der Waals surface area contributed by atoms with Crippen molar-refractivity contribution in [2.45, 2.75) is 18.4 Å². The molecular formula is C11H15FN2O. The summed E-state index contributed by atoms with van der Waals surface area (Å²) in [5.74, 6) is -0.389. The molecule has 2 rings (SSSR count). The first-order chi connectivity index (χ1) is 7.10. The zero-order valence-electron chi connectivity index (χ0n) is 8.78. The Bertz CT molecular complexity index is 348. The van der Waals surface area contributed by atoms with Gasteiger partial charge in [-0.25, -0.2) is 4.39 Å². The Balaban J connectivity index is 2.22. The van der Waals surface area contributed by atoms with Crippen LogP contribution in [0.4, 0.5) is 4.39 Å². The van der Waals surface area contributed by atoms with Crippen molar-refractivity contribution in [3.63, 3.8) is 0 Å². The van der Waals surface area contributed by atoms with E-state index in [0.717, 1.165) is 19.3 Å². The second-order valence-corrected chi connectivity index (χ2v) is 4.23. The molecule has 0 unspecified atom stereocenters. The minimum atomic E-state index is -0.901. The van der Waals surface area contributed by atoms with Gasteiger partial charge in [-0.05, 0) is 26.0 Å². The van der Waals surface area contributed by atoms with Gasteiger partial charge >= 0.3 is 0 Å². The van der Waals surface area contributed by atoms with E-state index in [-0.39, 0.29) is 5.82 Å². The van der Waals surface area contributed by atoms with Crippen LogP contribution >= 0.6 is 0 Å². The Kier molecular flexibility index (Phi) is 2.71. The number of pyridine rings is 1. The third kappa shape index (κ3) is 2.16. The second-order valence-electron chi connectivity index (χ2n) is 4.23. The van der Waals surface area contributed by atoms with E-state index in [9.17, 15) is 9.50 Å². The molecule has 1 aliphatic heterocycles. The predicted octanol–water partition coefficient (Wildman–Crippen LogP) is 1.13. The Morgan fingerprint density at radius 2 is 2.07 bits per heavy atom. The summed E-state index contributed by atoms with van der Waals surface area (Å²) in [7, 11) is 2.02. The molecule has 0 aliphatic carbocycles. The lowest BCUT2D eigenvalue weighted by atomic mass is 9.85. The monoisotopic (exact) mass is 210 g/mol. The van der Waals surface area contributed by atoms with Crippen molar-refractivity contribution < 1.29 is 9.50 Å². The SMILES string of the molecule is CN1CCC(O)(c2cncc(F)c2)CC1. The van der Waals surface area contributed by atoms with Crippen LogP contribution in [0.25, 0.3) is 0 Å². The van der Waals surface area contributed by atoms with Crippen LogP contribution in [-0.2, 0) is 5.60 Å².